The Hall–Kier alpha value is -2.94. The number of rotatable bonds is 7. The Kier molecular flexibility index (Phi) is 6.15. The molecule has 0 aliphatic rings. The maximum atomic E-state index is 12.6. The first-order chi connectivity index (χ1) is 12.7. The molecule has 0 saturated heterocycles. The molecule has 132 valence electrons. The summed E-state index contributed by atoms with van der Waals surface area (Å²) in [6, 6.07) is 22.5. The summed E-state index contributed by atoms with van der Waals surface area (Å²) in [5.41, 5.74) is 4.72. The van der Waals surface area contributed by atoms with Crippen molar-refractivity contribution in [3.05, 3.63) is 101 Å². The Morgan fingerprint density at radius 3 is 2.50 bits per heavy atom. The lowest BCUT2D eigenvalue weighted by Crippen LogP contribution is -2.27. The summed E-state index contributed by atoms with van der Waals surface area (Å²) >= 11 is 0. The summed E-state index contributed by atoms with van der Waals surface area (Å²) in [5.74, 6) is 0.141. The summed E-state index contributed by atoms with van der Waals surface area (Å²) in [6.45, 7) is 2.73. The molecule has 2 aromatic carbocycles. The number of pyridine rings is 1. The molecule has 0 bridgehead atoms. The third-order valence-corrected chi connectivity index (χ3v) is 4.61. The summed E-state index contributed by atoms with van der Waals surface area (Å²) in [7, 11) is 0. The van der Waals surface area contributed by atoms with E-state index in [1.54, 1.807) is 6.20 Å². The van der Waals surface area contributed by atoms with Crippen molar-refractivity contribution in [2.75, 3.05) is 6.54 Å². The van der Waals surface area contributed by atoms with E-state index in [4.69, 9.17) is 0 Å². The highest BCUT2D eigenvalue weighted by Crippen LogP contribution is 2.30. The Balaban J connectivity index is 1.68. The number of aryl methyl sites for hydroxylation is 1. The van der Waals surface area contributed by atoms with Crippen LogP contribution in [0.3, 0.4) is 0 Å². The van der Waals surface area contributed by atoms with Gasteiger partial charge in [-0.2, -0.15) is 0 Å². The molecule has 26 heavy (non-hydrogen) atoms. The van der Waals surface area contributed by atoms with Crippen LogP contribution in [0.1, 0.15) is 34.6 Å². The van der Waals surface area contributed by atoms with E-state index in [1.165, 1.54) is 16.7 Å². The summed E-state index contributed by atoms with van der Waals surface area (Å²) in [6.07, 6.45) is 4.84. The van der Waals surface area contributed by atoms with Gasteiger partial charge in [-0.3, -0.25) is 9.78 Å². The standard InChI is InChI=1S/C23H24N2O/c1-18-8-5-6-12-21(18)22(20-10-3-2-4-11-20)16-23(26)25-15-13-19-9-7-14-24-17-19/h2-12,14,17,22H,13,15-16H2,1H3,(H,25,26). The van der Waals surface area contributed by atoms with Gasteiger partial charge in [0.15, 0.2) is 0 Å². The van der Waals surface area contributed by atoms with Crippen LogP contribution in [0.25, 0.3) is 0 Å². The average molecular weight is 344 g/mol. The van der Waals surface area contributed by atoms with Gasteiger partial charge in [-0.25, -0.2) is 0 Å². The fraction of sp³-hybridized carbons (Fsp3) is 0.217. The zero-order chi connectivity index (χ0) is 18.2. The zero-order valence-corrected chi connectivity index (χ0v) is 15.1. The van der Waals surface area contributed by atoms with Gasteiger partial charge >= 0.3 is 0 Å². The molecule has 3 heteroatoms. The van der Waals surface area contributed by atoms with Crippen LogP contribution in [0.15, 0.2) is 79.1 Å². The van der Waals surface area contributed by atoms with Crippen molar-refractivity contribution in [2.45, 2.75) is 25.7 Å². The number of benzene rings is 2. The van der Waals surface area contributed by atoms with Crippen LogP contribution in [-0.4, -0.2) is 17.4 Å². The van der Waals surface area contributed by atoms with E-state index in [0.29, 0.717) is 13.0 Å². The summed E-state index contributed by atoms with van der Waals surface area (Å²) in [5, 5.41) is 3.05. The van der Waals surface area contributed by atoms with Gasteiger partial charge in [0.1, 0.15) is 0 Å². The third-order valence-electron chi connectivity index (χ3n) is 4.61. The van der Waals surface area contributed by atoms with Gasteiger partial charge in [0, 0.05) is 31.3 Å². The Bertz CT molecular complexity index is 831. The predicted molar refractivity (Wildman–Crippen MR) is 105 cm³/mol. The lowest BCUT2D eigenvalue weighted by atomic mass is 9.86. The molecule has 0 aliphatic carbocycles. The largest absolute Gasteiger partial charge is 0.356 e. The second-order valence-corrected chi connectivity index (χ2v) is 6.49. The molecule has 0 radical (unpaired) electrons. The first-order valence-corrected chi connectivity index (χ1v) is 9.00. The SMILES string of the molecule is Cc1ccccc1C(CC(=O)NCCc1cccnc1)c1ccccc1. The third kappa shape index (κ3) is 4.79. The highest BCUT2D eigenvalue weighted by atomic mass is 16.1. The van der Waals surface area contributed by atoms with Crippen LogP contribution in [-0.2, 0) is 11.2 Å². The molecule has 3 nitrogen and oxygen atoms in total. The van der Waals surface area contributed by atoms with Crippen LogP contribution >= 0.6 is 0 Å². The Labute approximate surface area is 155 Å². The van der Waals surface area contributed by atoms with Crippen LogP contribution in [0.4, 0.5) is 0 Å². The number of nitrogens with one attached hydrogen (secondary N) is 1. The maximum absolute atomic E-state index is 12.6. The summed E-state index contributed by atoms with van der Waals surface area (Å²) < 4.78 is 0. The highest BCUT2D eigenvalue weighted by molar-refractivity contribution is 5.77. The molecule has 1 amide bonds. The van der Waals surface area contributed by atoms with Gasteiger partial charge in [-0.15, -0.1) is 0 Å². The van der Waals surface area contributed by atoms with Gasteiger partial charge in [0.25, 0.3) is 0 Å². The maximum Gasteiger partial charge on any atom is 0.220 e. The van der Waals surface area contributed by atoms with E-state index in [2.05, 4.69) is 41.5 Å². The first-order valence-electron chi connectivity index (χ1n) is 9.00. The van der Waals surface area contributed by atoms with Crippen LogP contribution < -0.4 is 5.32 Å². The van der Waals surface area contributed by atoms with Crippen molar-refractivity contribution in [2.24, 2.45) is 0 Å². The number of nitrogens with zero attached hydrogens (tertiary/aromatic N) is 1. The number of aromatic nitrogens is 1. The van der Waals surface area contributed by atoms with E-state index in [0.717, 1.165) is 12.0 Å². The minimum Gasteiger partial charge on any atom is -0.356 e. The quantitative estimate of drug-likeness (QED) is 0.695. The van der Waals surface area contributed by atoms with Crippen molar-refractivity contribution >= 4 is 5.91 Å². The molecule has 1 unspecified atom stereocenters. The molecule has 1 N–H and O–H groups in total. The molecule has 0 saturated carbocycles. The predicted octanol–water partition coefficient (Wildman–Crippen LogP) is 4.27. The average Bonchev–Trinajstić information content (AvgIpc) is 2.68. The number of hydrogen-bond acceptors (Lipinski definition) is 2. The molecule has 3 aromatic rings. The van der Waals surface area contributed by atoms with E-state index in [1.807, 2.05) is 48.7 Å². The van der Waals surface area contributed by atoms with E-state index in [-0.39, 0.29) is 11.8 Å². The molecule has 3 rings (SSSR count). The molecule has 0 fully saturated rings. The number of carbonyl (C=O) groups excluding carboxylic acids is 1. The van der Waals surface area contributed by atoms with Crippen LogP contribution in [0.5, 0.6) is 0 Å². The van der Waals surface area contributed by atoms with E-state index in [9.17, 15) is 4.79 Å². The molecule has 1 atom stereocenters. The van der Waals surface area contributed by atoms with Crippen molar-refractivity contribution in [1.29, 1.82) is 0 Å². The number of hydrogen-bond donors (Lipinski definition) is 1. The van der Waals surface area contributed by atoms with Crippen LogP contribution in [0.2, 0.25) is 0 Å². The smallest absolute Gasteiger partial charge is 0.220 e. The fourth-order valence-corrected chi connectivity index (χ4v) is 3.22. The zero-order valence-electron chi connectivity index (χ0n) is 15.1. The molecule has 1 heterocycles. The van der Waals surface area contributed by atoms with Crippen molar-refractivity contribution in [3.63, 3.8) is 0 Å². The number of amides is 1. The van der Waals surface area contributed by atoms with Gasteiger partial charge < -0.3 is 5.32 Å². The fourth-order valence-electron chi connectivity index (χ4n) is 3.22. The highest BCUT2D eigenvalue weighted by Gasteiger charge is 2.19. The molecular weight excluding hydrogens is 320 g/mol. The van der Waals surface area contributed by atoms with Gasteiger partial charge in [-0.05, 0) is 41.7 Å². The Morgan fingerprint density at radius 2 is 1.77 bits per heavy atom. The number of carbonyl (C=O) groups is 1. The second-order valence-electron chi connectivity index (χ2n) is 6.49. The minimum atomic E-state index is 0.0655. The molecule has 1 aromatic heterocycles. The second kappa shape index (κ2) is 8.95. The molecule has 0 aliphatic heterocycles. The molecule has 0 spiro atoms. The van der Waals surface area contributed by atoms with Gasteiger partial charge in [0.05, 0.1) is 0 Å². The normalized spacial score (nSPS) is 11.7. The monoisotopic (exact) mass is 344 g/mol. The van der Waals surface area contributed by atoms with Crippen LogP contribution in [0, 0.1) is 6.92 Å². The minimum absolute atomic E-state index is 0.0655. The lowest BCUT2D eigenvalue weighted by Gasteiger charge is -2.20. The molecular formula is C23H24N2O. The van der Waals surface area contributed by atoms with Gasteiger partial charge in [0.2, 0.25) is 5.91 Å². The Morgan fingerprint density at radius 1 is 1.00 bits per heavy atom. The topological polar surface area (TPSA) is 42.0 Å². The van der Waals surface area contributed by atoms with Crippen molar-refractivity contribution in [1.82, 2.24) is 10.3 Å². The van der Waals surface area contributed by atoms with Crippen molar-refractivity contribution < 1.29 is 4.79 Å². The van der Waals surface area contributed by atoms with E-state index < -0.39 is 0 Å². The first kappa shape index (κ1) is 17.9. The lowest BCUT2D eigenvalue weighted by molar-refractivity contribution is -0.121. The van der Waals surface area contributed by atoms with Crippen molar-refractivity contribution in [3.8, 4) is 0 Å². The van der Waals surface area contributed by atoms with E-state index >= 15 is 0 Å². The van der Waals surface area contributed by atoms with Gasteiger partial charge in [-0.1, -0.05) is 60.7 Å². The summed E-state index contributed by atoms with van der Waals surface area (Å²) in [4.78, 5) is 16.7.